The van der Waals surface area contributed by atoms with E-state index in [4.69, 9.17) is 4.74 Å². The summed E-state index contributed by atoms with van der Waals surface area (Å²) in [5.41, 5.74) is 0.825. The van der Waals surface area contributed by atoms with Crippen LogP contribution in [0.4, 0.5) is 22.0 Å². The van der Waals surface area contributed by atoms with Crippen LogP contribution in [-0.4, -0.2) is 36.8 Å². The number of aromatic nitrogens is 5. The molecule has 0 N–H and O–H groups in total. The van der Waals surface area contributed by atoms with Crippen LogP contribution < -0.4 is 4.74 Å². The number of ether oxygens (including phenoxy) is 1. The number of hydrogen-bond donors (Lipinski definition) is 0. The molecule has 3 aromatic heterocycles. The zero-order valence-electron chi connectivity index (χ0n) is 12.6. The lowest BCUT2D eigenvalue weighted by Crippen LogP contribution is -2.31. The summed E-state index contributed by atoms with van der Waals surface area (Å²) >= 11 is 0. The molecule has 3 rings (SSSR count). The molecule has 0 spiro atoms. The summed E-state index contributed by atoms with van der Waals surface area (Å²) in [5.74, 6) is -0.752. The van der Waals surface area contributed by atoms with E-state index in [0.717, 1.165) is 11.3 Å². The van der Waals surface area contributed by atoms with Crippen molar-refractivity contribution in [1.29, 1.82) is 0 Å². The maximum Gasteiger partial charge on any atom is 0.425 e. The predicted octanol–water partition coefficient (Wildman–Crippen LogP) is 3.45. The monoisotopic (exact) mass is 359 g/mol. The van der Waals surface area contributed by atoms with Crippen LogP contribution >= 0.6 is 0 Å². The minimum absolute atomic E-state index is 0.144. The van der Waals surface area contributed by atoms with Crippen molar-refractivity contribution in [2.45, 2.75) is 25.6 Å². The molecule has 0 aliphatic carbocycles. The Balaban J connectivity index is 1.87. The van der Waals surface area contributed by atoms with Crippen molar-refractivity contribution in [2.75, 3.05) is 0 Å². The number of halogens is 5. The van der Waals surface area contributed by atoms with Gasteiger partial charge in [-0.2, -0.15) is 13.2 Å². The van der Waals surface area contributed by atoms with Crippen molar-refractivity contribution in [2.24, 2.45) is 0 Å². The summed E-state index contributed by atoms with van der Waals surface area (Å²) in [4.78, 5) is 7.83. The summed E-state index contributed by atoms with van der Waals surface area (Å²) < 4.78 is 68.9. The second-order valence-electron chi connectivity index (χ2n) is 5.05. The highest BCUT2D eigenvalue weighted by atomic mass is 19.4. The van der Waals surface area contributed by atoms with E-state index in [9.17, 15) is 22.0 Å². The summed E-state index contributed by atoms with van der Waals surface area (Å²) in [6.45, 7) is 0.864. The van der Waals surface area contributed by atoms with Crippen molar-refractivity contribution in [3.63, 3.8) is 0 Å². The molecule has 0 amide bonds. The molecule has 132 valence electrons. The third-order valence-corrected chi connectivity index (χ3v) is 3.30. The van der Waals surface area contributed by atoms with Gasteiger partial charge in [0.25, 0.3) is 6.43 Å². The second kappa shape index (κ2) is 6.22. The Morgan fingerprint density at radius 1 is 1.08 bits per heavy atom. The molecule has 0 saturated heterocycles. The lowest BCUT2D eigenvalue weighted by atomic mass is 10.2. The van der Waals surface area contributed by atoms with E-state index in [1.807, 2.05) is 0 Å². The van der Waals surface area contributed by atoms with Crippen LogP contribution in [0.15, 0.2) is 30.7 Å². The summed E-state index contributed by atoms with van der Waals surface area (Å²) in [6, 6.07) is 2.66. The smallest absolute Gasteiger partial charge is 0.425 e. The summed E-state index contributed by atoms with van der Waals surface area (Å²) in [6.07, 6.45) is -5.54. The van der Waals surface area contributed by atoms with E-state index < -0.39 is 24.5 Å². The fraction of sp³-hybridized carbons (Fsp3) is 0.286. The van der Waals surface area contributed by atoms with Crippen LogP contribution in [0.3, 0.4) is 0 Å². The SMILES string of the molecule is CC(Oc1ccc(-c2cn3c(C(F)F)nnc3cn2)cn1)C(F)(F)F. The van der Waals surface area contributed by atoms with Crippen LogP contribution in [0.1, 0.15) is 19.2 Å². The van der Waals surface area contributed by atoms with Gasteiger partial charge in [-0.1, -0.05) is 0 Å². The molecule has 3 heterocycles. The van der Waals surface area contributed by atoms with Gasteiger partial charge in [0.15, 0.2) is 11.8 Å². The highest BCUT2D eigenvalue weighted by Crippen LogP contribution is 2.25. The van der Waals surface area contributed by atoms with Crippen molar-refractivity contribution in [1.82, 2.24) is 24.6 Å². The van der Waals surface area contributed by atoms with E-state index in [0.29, 0.717) is 5.56 Å². The maximum absolute atomic E-state index is 12.9. The van der Waals surface area contributed by atoms with E-state index in [1.165, 1.54) is 30.7 Å². The maximum atomic E-state index is 12.9. The zero-order chi connectivity index (χ0) is 18.2. The average Bonchev–Trinajstić information content (AvgIpc) is 2.98. The van der Waals surface area contributed by atoms with Gasteiger partial charge < -0.3 is 4.74 Å². The number of fused-ring (bicyclic) bond motifs is 1. The first-order valence-corrected chi connectivity index (χ1v) is 6.94. The van der Waals surface area contributed by atoms with Gasteiger partial charge in [0.1, 0.15) is 0 Å². The number of nitrogens with zero attached hydrogens (tertiary/aromatic N) is 5. The Morgan fingerprint density at radius 3 is 2.44 bits per heavy atom. The standard InChI is InChI=1S/C14H10F5N5O/c1-7(14(17,18)19)25-11-3-2-8(4-21-11)9-6-24-10(5-20-9)22-23-13(24)12(15)16/h2-7,12H,1H3. The zero-order valence-corrected chi connectivity index (χ0v) is 12.6. The first kappa shape index (κ1) is 17.0. The van der Waals surface area contributed by atoms with E-state index in [1.54, 1.807) is 0 Å². The molecule has 0 bridgehead atoms. The topological polar surface area (TPSA) is 65.2 Å². The molecule has 0 fully saturated rings. The Kier molecular flexibility index (Phi) is 4.23. The molecular weight excluding hydrogens is 349 g/mol. The molecule has 0 aromatic carbocycles. The molecular formula is C14H10F5N5O. The van der Waals surface area contributed by atoms with Gasteiger partial charge in [-0.15, -0.1) is 10.2 Å². The largest absolute Gasteiger partial charge is 0.465 e. The van der Waals surface area contributed by atoms with Crippen LogP contribution in [0.2, 0.25) is 0 Å². The van der Waals surface area contributed by atoms with Gasteiger partial charge in [-0.05, 0) is 13.0 Å². The van der Waals surface area contributed by atoms with Crippen molar-refractivity contribution in [3.8, 4) is 17.1 Å². The predicted molar refractivity (Wildman–Crippen MR) is 75.1 cm³/mol. The summed E-state index contributed by atoms with van der Waals surface area (Å²) in [7, 11) is 0. The second-order valence-corrected chi connectivity index (χ2v) is 5.05. The lowest BCUT2D eigenvalue weighted by molar-refractivity contribution is -0.189. The highest BCUT2D eigenvalue weighted by molar-refractivity contribution is 5.58. The van der Waals surface area contributed by atoms with Crippen LogP contribution in [0.25, 0.3) is 16.9 Å². The van der Waals surface area contributed by atoms with Crippen LogP contribution in [0.5, 0.6) is 5.88 Å². The van der Waals surface area contributed by atoms with E-state index >= 15 is 0 Å². The molecule has 0 aliphatic heterocycles. The summed E-state index contributed by atoms with van der Waals surface area (Å²) in [5, 5.41) is 6.95. The molecule has 1 unspecified atom stereocenters. The van der Waals surface area contributed by atoms with Gasteiger partial charge >= 0.3 is 6.18 Å². The Hall–Kier alpha value is -2.85. The molecule has 25 heavy (non-hydrogen) atoms. The quantitative estimate of drug-likeness (QED) is 0.668. The van der Waals surface area contributed by atoms with E-state index in [-0.39, 0.29) is 17.2 Å². The first-order chi connectivity index (χ1) is 11.8. The number of alkyl halides is 5. The molecule has 1 atom stereocenters. The molecule has 0 aliphatic rings. The lowest BCUT2D eigenvalue weighted by Gasteiger charge is -2.16. The van der Waals surface area contributed by atoms with Gasteiger partial charge in [-0.25, -0.2) is 13.8 Å². The molecule has 0 radical (unpaired) electrons. The van der Waals surface area contributed by atoms with Gasteiger partial charge in [-0.3, -0.25) is 9.38 Å². The number of pyridine rings is 1. The van der Waals surface area contributed by atoms with Gasteiger partial charge in [0.2, 0.25) is 11.7 Å². The Labute approximate surface area is 137 Å². The molecule has 11 heteroatoms. The number of rotatable bonds is 4. The molecule has 6 nitrogen and oxygen atoms in total. The van der Waals surface area contributed by atoms with Gasteiger partial charge in [0, 0.05) is 24.0 Å². The van der Waals surface area contributed by atoms with Crippen molar-refractivity contribution < 1.29 is 26.7 Å². The average molecular weight is 359 g/mol. The Bertz CT molecular complexity index is 877. The minimum Gasteiger partial charge on any atom is -0.465 e. The molecule has 3 aromatic rings. The Morgan fingerprint density at radius 2 is 1.84 bits per heavy atom. The fourth-order valence-electron chi connectivity index (χ4n) is 1.97. The minimum atomic E-state index is -4.51. The van der Waals surface area contributed by atoms with Gasteiger partial charge in [0.05, 0.1) is 11.9 Å². The normalized spacial score (nSPS) is 13.4. The van der Waals surface area contributed by atoms with Crippen molar-refractivity contribution >= 4 is 5.65 Å². The van der Waals surface area contributed by atoms with E-state index in [2.05, 4.69) is 20.2 Å². The fourth-order valence-corrected chi connectivity index (χ4v) is 1.97. The number of hydrogen-bond acceptors (Lipinski definition) is 5. The third kappa shape index (κ3) is 3.49. The van der Waals surface area contributed by atoms with Crippen molar-refractivity contribution in [3.05, 3.63) is 36.5 Å². The highest BCUT2D eigenvalue weighted by Gasteiger charge is 2.38. The van der Waals surface area contributed by atoms with Crippen LogP contribution in [0, 0.1) is 0 Å². The third-order valence-electron chi connectivity index (χ3n) is 3.30. The molecule has 0 saturated carbocycles. The van der Waals surface area contributed by atoms with Crippen LogP contribution in [-0.2, 0) is 0 Å². The first-order valence-electron chi connectivity index (χ1n) is 6.94.